The lowest BCUT2D eigenvalue weighted by molar-refractivity contribution is 0.102. The van der Waals surface area contributed by atoms with Gasteiger partial charge in [0.2, 0.25) is 0 Å². The van der Waals surface area contributed by atoms with Crippen molar-refractivity contribution in [3.05, 3.63) is 83.2 Å². The third kappa shape index (κ3) is 4.05. The van der Waals surface area contributed by atoms with Crippen molar-refractivity contribution in [3.8, 4) is 6.07 Å². The number of nitrogens with zero attached hydrogens (tertiary/aromatic N) is 2. The highest BCUT2D eigenvalue weighted by Gasteiger charge is 2.09. The number of amides is 1. The highest BCUT2D eigenvalue weighted by Crippen LogP contribution is 2.19. The average Bonchev–Trinajstić information content (AvgIpc) is 2.65. The molecule has 128 valence electrons. The minimum absolute atomic E-state index is 0.267. The molecule has 5 nitrogen and oxygen atoms in total. The lowest BCUT2D eigenvalue weighted by Gasteiger charge is -2.09. The Kier molecular flexibility index (Phi) is 4.95. The quantitative estimate of drug-likeness (QED) is 0.728. The van der Waals surface area contributed by atoms with E-state index in [0.717, 1.165) is 22.6 Å². The zero-order valence-electron chi connectivity index (χ0n) is 14.6. The van der Waals surface area contributed by atoms with Gasteiger partial charge in [0, 0.05) is 23.3 Å². The van der Waals surface area contributed by atoms with Crippen molar-refractivity contribution in [1.82, 2.24) is 4.98 Å². The van der Waals surface area contributed by atoms with E-state index in [9.17, 15) is 4.79 Å². The number of aryl methyl sites for hydroxylation is 2. The van der Waals surface area contributed by atoms with E-state index in [4.69, 9.17) is 5.26 Å². The second-order valence-electron chi connectivity index (χ2n) is 6.00. The highest BCUT2D eigenvalue weighted by atomic mass is 16.1. The molecule has 0 bridgehead atoms. The molecule has 1 aromatic heterocycles. The molecule has 2 aromatic carbocycles. The van der Waals surface area contributed by atoms with E-state index in [1.165, 1.54) is 5.56 Å². The van der Waals surface area contributed by atoms with Crippen LogP contribution in [-0.4, -0.2) is 10.9 Å². The molecule has 0 unspecified atom stereocenters. The van der Waals surface area contributed by atoms with Crippen molar-refractivity contribution in [1.29, 1.82) is 5.26 Å². The van der Waals surface area contributed by atoms with Gasteiger partial charge in [-0.25, -0.2) is 0 Å². The first-order chi connectivity index (χ1) is 12.5. The third-order valence-corrected chi connectivity index (χ3v) is 4.06. The van der Waals surface area contributed by atoms with E-state index in [0.29, 0.717) is 11.3 Å². The maximum Gasteiger partial charge on any atom is 0.274 e. The number of anilines is 3. The van der Waals surface area contributed by atoms with Crippen LogP contribution in [0, 0.1) is 25.2 Å². The summed E-state index contributed by atoms with van der Waals surface area (Å²) in [5, 5.41) is 14.9. The van der Waals surface area contributed by atoms with Crippen LogP contribution in [0.4, 0.5) is 17.1 Å². The number of benzene rings is 2. The Hall–Kier alpha value is -3.65. The van der Waals surface area contributed by atoms with Crippen molar-refractivity contribution >= 4 is 23.0 Å². The summed E-state index contributed by atoms with van der Waals surface area (Å²) in [5.74, 6) is -0.267. The summed E-state index contributed by atoms with van der Waals surface area (Å²) in [6.07, 6.45) is 1.58. The lowest BCUT2D eigenvalue weighted by Crippen LogP contribution is -2.14. The monoisotopic (exact) mass is 342 g/mol. The van der Waals surface area contributed by atoms with Gasteiger partial charge in [-0.15, -0.1) is 0 Å². The molecule has 0 aliphatic rings. The molecule has 0 aliphatic heterocycles. The number of nitriles is 1. The fourth-order valence-corrected chi connectivity index (χ4v) is 2.44. The minimum atomic E-state index is -0.267. The zero-order valence-corrected chi connectivity index (χ0v) is 14.6. The molecule has 26 heavy (non-hydrogen) atoms. The summed E-state index contributed by atoms with van der Waals surface area (Å²) in [5.41, 5.74) is 5.53. The third-order valence-electron chi connectivity index (χ3n) is 4.06. The first kappa shape index (κ1) is 17.2. The van der Waals surface area contributed by atoms with E-state index in [2.05, 4.69) is 21.7 Å². The Bertz CT molecular complexity index is 988. The summed E-state index contributed by atoms with van der Waals surface area (Å²) in [6.45, 7) is 4.03. The maximum absolute atomic E-state index is 12.5. The summed E-state index contributed by atoms with van der Waals surface area (Å²) in [6, 6.07) is 18.4. The van der Waals surface area contributed by atoms with E-state index in [1.807, 2.05) is 44.2 Å². The molecule has 0 saturated carbocycles. The van der Waals surface area contributed by atoms with Crippen LogP contribution in [0.15, 0.2) is 60.8 Å². The van der Waals surface area contributed by atoms with Gasteiger partial charge in [0.25, 0.3) is 5.91 Å². The van der Waals surface area contributed by atoms with Crippen molar-refractivity contribution in [2.45, 2.75) is 13.8 Å². The van der Waals surface area contributed by atoms with Gasteiger partial charge < -0.3 is 10.6 Å². The summed E-state index contributed by atoms with van der Waals surface area (Å²) in [7, 11) is 0. The molecule has 0 spiro atoms. The van der Waals surface area contributed by atoms with Gasteiger partial charge >= 0.3 is 0 Å². The molecule has 0 radical (unpaired) electrons. The zero-order chi connectivity index (χ0) is 18.5. The SMILES string of the molecule is Cc1ccc(NC(=O)c2cc(Nc3ccc(C#N)cc3)ccn2)cc1C. The molecule has 3 rings (SSSR count). The normalized spacial score (nSPS) is 10.0. The van der Waals surface area contributed by atoms with Gasteiger partial charge in [0.15, 0.2) is 0 Å². The van der Waals surface area contributed by atoms with Gasteiger partial charge in [-0.3, -0.25) is 9.78 Å². The van der Waals surface area contributed by atoms with Crippen LogP contribution in [0.5, 0.6) is 0 Å². The number of pyridine rings is 1. The molecule has 1 amide bonds. The van der Waals surface area contributed by atoms with Crippen LogP contribution in [0.25, 0.3) is 0 Å². The van der Waals surface area contributed by atoms with Crippen molar-refractivity contribution in [2.75, 3.05) is 10.6 Å². The molecule has 0 aliphatic carbocycles. The molecule has 2 N–H and O–H groups in total. The Morgan fingerprint density at radius 3 is 2.35 bits per heavy atom. The van der Waals surface area contributed by atoms with Crippen LogP contribution in [0.3, 0.4) is 0 Å². The number of carbonyl (C=O) groups is 1. The van der Waals surface area contributed by atoms with E-state index < -0.39 is 0 Å². The smallest absolute Gasteiger partial charge is 0.274 e. The van der Waals surface area contributed by atoms with Crippen molar-refractivity contribution in [2.24, 2.45) is 0 Å². The summed E-state index contributed by atoms with van der Waals surface area (Å²) >= 11 is 0. The van der Waals surface area contributed by atoms with Gasteiger partial charge in [-0.1, -0.05) is 6.07 Å². The molecule has 5 heteroatoms. The van der Waals surface area contributed by atoms with Crippen LogP contribution in [0.1, 0.15) is 27.2 Å². The fourth-order valence-electron chi connectivity index (χ4n) is 2.44. The standard InChI is InChI=1S/C21H18N4O/c1-14-3-6-18(11-15(14)2)25-21(26)20-12-19(9-10-23-20)24-17-7-4-16(13-22)5-8-17/h3-12H,1-2H3,(H,23,24)(H,25,26). The Labute approximate surface area is 152 Å². The molecular weight excluding hydrogens is 324 g/mol. The number of hydrogen-bond donors (Lipinski definition) is 2. The van der Waals surface area contributed by atoms with Gasteiger partial charge in [0.1, 0.15) is 5.69 Å². The molecule has 3 aromatic rings. The van der Waals surface area contributed by atoms with Gasteiger partial charge in [-0.2, -0.15) is 5.26 Å². The summed E-state index contributed by atoms with van der Waals surface area (Å²) in [4.78, 5) is 16.6. The Balaban J connectivity index is 1.74. The van der Waals surface area contributed by atoms with Crippen LogP contribution < -0.4 is 10.6 Å². The number of carbonyl (C=O) groups excluding carboxylic acids is 1. The highest BCUT2D eigenvalue weighted by molar-refractivity contribution is 6.03. The maximum atomic E-state index is 12.5. The number of rotatable bonds is 4. The molecular formula is C21H18N4O. The van der Waals surface area contributed by atoms with Crippen LogP contribution in [-0.2, 0) is 0 Å². The predicted octanol–water partition coefficient (Wildman–Crippen LogP) is 4.57. The second kappa shape index (κ2) is 7.49. The summed E-state index contributed by atoms with van der Waals surface area (Å²) < 4.78 is 0. The average molecular weight is 342 g/mol. The second-order valence-corrected chi connectivity index (χ2v) is 6.00. The number of nitrogens with one attached hydrogen (secondary N) is 2. The van der Waals surface area contributed by atoms with E-state index in [-0.39, 0.29) is 5.91 Å². The topological polar surface area (TPSA) is 77.8 Å². The number of aromatic nitrogens is 1. The largest absolute Gasteiger partial charge is 0.355 e. The Morgan fingerprint density at radius 1 is 0.923 bits per heavy atom. The number of hydrogen-bond acceptors (Lipinski definition) is 4. The first-order valence-corrected chi connectivity index (χ1v) is 8.17. The lowest BCUT2D eigenvalue weighted by atomic mass is 10.1. The molecule has 0 fully saturated rings. The van der Waals surface area contributed by atoms with E-state index in [1.54, 1.807) is 30.5 Å². The molecule has 0 atom stereocenters. The van der Waals surface area contributed by atoms with E-state index >= 15 is 0 Å². The van der Waals surface area contributed by atoms with Gasteiger partial charge in [0.05, 0.1) is 11.6 Å². The van der Waals surface area contributed by atoms with Crippen LogP contribution in [0.2, 0.25) is 0 Å². The van der Waals surface area contributed by atoms with Gasteiger partial charge in [-0.05, 0) is 73.5 Å². The fraction of sp³-hybridized carbons (Fsp3) is 0.0952. The first-order valence-electron chi connectivity index (χ1n) is 8.17. The minimum Gasteiger partial charge on any atom is -0.355 e. The van der Waals surface area contributed by atoms with Crippen molar-refractivity contribution in [3.63, 3.8) is 0 Å². The van der Waals surface area contributed by atoms with Crippen LogP contribution >= 0.6 is 0 Å². The Morgan fingerprint density at radius 2 is 1.65 bits per heavy atom. The molecule has 0 saturated heterocycles. The molecule has 1 heterocycles. The van der Waals surface area contributed by atoms with Crippen molar-refractivity contribution < 1.29 is 4.79 Å². The predicted molar refractivity (Wildman–Crippen MR) is 103 cm³/mol.